The molecular formula is C21H20O5. The van der Waals surface area contributed by atoms with Gasteiger partial charge in [0.1, 0.15) is 11.3 Å². The van der Waals surface area contributed by atoms with Crippen molar-refractivity contribution in [1.82, 2.24) is 0 Å². The maximum absolute atomic E-state index is 12.0. The van der Waals surface area contributed by atoms with Crippen molar-refractivity contribution in [3.05, 3.63) is 71.3 Å². The van der Waals surface area contributed by atoms with Crippen LogP contribution in [0.5, 0.6) is 5.75 Å². The van der Waals surface area contributed by atoms with E-state index in [1.807, 2.05) is 18.2 Å². The van der Waals surface area contributed by atoms with Crippen molar-refractivity contribution in [3.8, 4) is 5.75 Å². The van der Waals surface area contributed by atoms with Gasteiger partial charge in [0.05, 0.1) is 6.61 Å². The molecule has 5 nitrogen and oxygen atoms in total. The molecule has 0 amide bonds. The van der Waals surface area contributed by atoms with Gasteiger partial charge in [-0.15, -0.1) is 0 Å². The Morgan fingerprint density at radius 1 is 0.923 bits per heavy atom. The summed E-state index contributed by atoms with van der Waals surface area (Å²) in [5.74, 6) is -1.89. The number of rotatable bonds is 5. The molecule has 5 heteroatoms. The van der Waals surface area contributed by atoms with E-state index in [-0.39, 0.29) is 5.57 Å². The highest BCUT2D eigenvalue weighted by molar-refractivity contribution is 6.18. The quantitative estimate of drug-likeness (QED) is 0.468. The first kappa shape index (κ1) is 17.7. The highest BCUT2D eigenvalue weighted by Crippen LogP contribution is 2.24. The normalized spacial score (nSPS) is 15.8. The molecule has 26 heavy (non-hydrogen) atoms. The van der Waals surface area contributed by atoms with E-state index in [1.54, 1.807) is 24.3 Å². The number of esters is 2. The fourth-order valence-electron chi connectivity index (χ4n) is 2.54. The Morgan fingerprint density at radius 2 is 1.54 bits per heavy atom. The molecule has 134 valence electrons. The van der Waals surface area contributed by atoms with Crippen LogP contribution in [-0.4, -0.2) is 24.3 Å². The van der Waals surface area contributed by atoms with Crippen LogP contribution in [0.4, 0.5) is 0 Å². The van der Waals surface area contributed by atoms with Gasteiger partial charge in [0.2, 0.25) is 0 Å². The second-order valence-electron chi connectivity index (χ2n) is 6.39. The Morgan fingerprint density at radius 3 is 2.15 bits per heavy atom. The third-order valence-corrected chi connectivity index (χ3v) is 3.81. The van der Waals surface area contributed by atoms with E-state index in [4.69, 9.17) is 14.2 Å². The van der Waals surface area contributed by atoms with Gasteiger partial charge >= 0.3 is 11.9 Å². The minimum Gasteiger partial charge on any atom is -0.493 e. The highest BCUT2D eigenvalue weighted by Gasteiger charge is 2.38. The zero-order valence-electron chi connectivity index (χ0n) is 14.7. The molecule has 0 aliphatic carbocycles. The van der Waals surface area contributed by atoms with Crippen LogP contribution >= 0.6 is 0 Å². The lowest BCUT2D eigenvalue weighted by molar-refractivity contribution is -0.222. The van der Waals surface area contributed by atoms with Crippen molar-refractivity contribution < 1.29 is 23.8 Å². The van der Waals surface area contributed by atoms with E-state index in [9.17, 15) is 9.59 Å². The molecule has 0 bridgehead atoms. The van der Waals surface area contributed by atoms with Gasteiger partial charge in [-0.05, 0) is 29.3 Å². The minimum absolute atomic E-state index is 0.123. The summed E-state index contributed by atoms with van der Waals surface area (Å²) in [5, 5.41) is 0. The number of ether oxygens (including phenoxy) is 3. The van der Waals surface area contributed by atoms with Crippen LogP contribution < -0.4 is 4.74 Å². The van der Waals surface area contributed by atoms with Crippen molar-refractivity contribution in [2.75, 3.05) is 6.61 Å². The molecule has 2 aromatic rings. The topological polar surface area (TPSA) is 61.8 Å². The molecule has 0 unspecified atom stereocenters. The molecule has 0 radical (unpaired) electrons. The van der Waals surface area contributed by atoms with E-state index in [1.165, 1.54) is 25.5 Å². The Hall–Kier alpha value is -3.08. The third kappa shape index (κ3) is 4.51. The zero-order valence-corrected chi connectivity index (χ0v) is 14.7. The maximum atomic E-state index is 12.0. The van der Waals surface area contributed by atoms with Crippen LogP contribution in [0.25, 0.3) is 6.08 Å². The number of hydrogen-bond acceptors (Lipinski definition) is 5. The van der Waals surface area contributed by atoms with Crippen molar-refractivity contribution >= 4 is 18.0 Å². The van der Waals surface area contributed by atoms with Crippen molar-refractivity contribution in [2.24, 2.45) is 0 Å². The molecule has 1 aliphatic rings. The fourth-order valence-corrected chi connectivity index (χ4v) is 2.54. The predicted octanol–water partition coefficient (Wildman–Crippen LogP) is 3.53. The molecule has 3 rings (SSSR count). The van der Waals surface area contributed by atoms with Gasteiger partial charge in [-0.1, -0.05) is 42.5 Å². The SMILES string of the molecule is CC1(C)OC(=O)C(=Cc2ccc(OCCc3ccccc3)cc2)C(=O)O1. The van der Waals surface area contributed by atoms with Crippen LogP contribution in [-0.2, 0) is 25.5 Å². The summed E-state index contributed by atoms with van der Waals surface area (Å²) in [6, 6.07) is 17.2. The molecule has 2 aromatic carbocycles. The molecule has 0 saturated carbocycles. The van der Waals surface area contributed by atoms with E-state index in [2.05, 4.69) is 12.1 Å². The van der Waals surface area contributed by atoms with Gasteiger partial charge in [-0.25, -0.2) is 9.59 Å². The van der Waals surface area contributed by atoms with Crippen molar-refractivity contribution in [3.63, 3.8) is 0 Å². The summed E-state index contributed by atoms with van der Waals surface area (Å²) in [6.07, 6.45) is 2.27. The van der Waals surface area contributed by atoms with Crippen LogP contribution in [0.15, 0.2) is 60.2 Å². The molecule has 0 aromatic heterocycles. The second kappa shape index (κ2) is 7.44. The summed E-state index contributed by atoms with van der Waals surface area (Å²) in [6.45, 7) is 3.60. The Balaban J connectivity index is 1.61. The first-order valence-electron chi connectivity index (χ1n) is 8.38. The lowest BCUT2D eigenvalue weighted by Crippen LogP contribution is -2.41. The molecule has 0 spiro atoms. The fraction of sp³-hybridized carbons (Fsp3) is 0.238. The smallest absolute Gasteiger partial charge is 0.348 e. The molecule has 1 saturated heterocycles. The number of carbonyl (C=O) groups is 2. The van der Waals surface area contributed by atoms with Gasteiger partial charge < -0.3 is 14.2 Å². The molecule has 0 N–H and O–H groups in total. The Kier molecular flexibility index (Phi) is 5.07. The molecular weight excluding hydrogens is 332 g/mol. The largest absolute Gasteiger partial charge is 0.493 e. The van der Waals surface area contributed by atoms with Gasteiger partial charge in [-0.2, -0.15) is 0 Å². The standard InChI is InChI=1S/C21H20O5/c1-21(2)25-19(22)18(20(23)26-21)14-16-8-10-17(11-9-16)24-13-12-15-6-4-3-5-7-15/h3-11,14H,12-13H2,1-2H3. The molecule has 1 fully saturated rings. The van der Waals surface area contributed by atoms with Crippen LogP contribution in [0.2, 0.25) is 0 Å². The molecule has 1 aliphatic heterocycles. The number of carbonyl (C=O) groups excluding carboxylic acids is 2. The van der Waals surface area contributed by atoms with Crippen molar-refractivity contribution in [2.45, 2.75) is 26.1 Å². The van der Waals surface area contributed by atoms with Crippen molar-refractivity contribution in [1.29, 1.82) is 0 Å². The first-order chi connectivity index (χ1) is 12.4. The zero-order chi connectivity index (χ0) is 18.6. The number of benzene rings is 2. The maximum Gasteiger partial charge on any atom is 0.348 e. The predicted molar refractivity (Wildman–Crippen MR) is 96.3 cm³/mol. The number of cyclic esters (lactones) is 2. The van der Waals surface area contributed by atoms with Gasteiger partial charge in [-0.3, -0.25) is 0 Å². The lowest BCUT2D eigenvalue weighted by Gasteiger charge is -2.29. The van der Waals surface area contributed by atoms with E-state index in [0.29, 0.717) is 12.2 Å². The van der Waals surface area contributed by atoms with Crippen LogP contribution in [0.1, 0.15) is 25.0 Å². The first-order valence-corrected chi connectivity index (χ1v) is 8.38. The minimum atomic E-state index is -1.23. The summed E-state index contributed by atoms with van der Waals surface area (Å²) < 4.78 is 15.9. The Bertz CT molecular complexity index is 797. The summed E-state index contributed by atoms with van der Waals surface area (Å²) >= 11 is 0. The van der Waals surface area contributed by atoms with Gasteiger partial charge in [0.25, 0.3) is 5.79 Å². The highest BCUT2D eigenvalue weighted by atomic mass is 16.7. The van der Waals surface area contributed by atoms with E-state index < -0.39 is 17.7 Å². The van der Waals surface area contributed by atoms with Crippen LogP contribution in [0.3, 0.4) is 0 Å². The third-order valence-electron chi connectivity index (χ3n) is 3.81. The second-order valence-corrected chi connectivity index (χ2v) is 6.39. The number of hydrogen-bond donors (Lipinski definition) is 0. The lowest BCUT2D eigenvalue weighted by atomic mass is 10.1. The van der Waals surface area contributed by atoms with E-state index in [0.717, 1.165) is 12.2 Å². The Labute approximate surface area is 152 Å². The van der Waals surface area contributed by atoms with Gasteiger partial charge in [0, 0.05) is 20.3 Å². The van der Waals surface area contributed by atoms with Gasteiger partial charge in [0.15, 0.2) is 0 Å². The summed E-state index contributed by atoms with van der Waals surface area (Å²) in [5.41, 5.74) is 1.78. The summed E-state index contributed by atoms with van der Waals surface area (Å²) in [4.78, 5) is 23.9. The average molecular weight is 352 g/mol. The molecule has 1 heterocycles. The van der Waals surface area contributed by atoms with Crippen LogP contribution in [0, 0.1) is 0 Å². The van der Waals surface area contributed by atoms with E-state index >= 15 is 0 Å². The molecule has 0 atom stereocenters. The summed E-state index contributed by atoms with van der Waals surface area (Å²) in [7, 11) is 0. The average Bonchev–Trinajstić information content (AvgIpc) is 2.59. The monoisotopic (exact) mass is 352 g/mol.